The van der Waals surface area contributed by atoms with E-state index in [-0.39, 0.29) is 12.0 Å². The molecule has 0 aliphatic carbocycles. The summed E-state index contributed by atoms with van der Waals surface area (Å²) in [6.07, 6.45) is -0.982. The van der Waals surface area contributed by atoms with Crippen molar-refractivity contribution in [2.45, 2.75) is 25.7 Å². The van der Waals surface area contributed by atoms with Crippen molar-refractivity contribution in [3.05, 3.63) is 54.1 Å². The molecule has 2 aromatic carbocycles. The van der Waals surface area contributed by atoms with Crippen molar-refractivity contribution in [3.63, 3.8) is 0 Å². The average Bonchev–Trinajstić information content (AvgIpc) is 2.72. The minimum atomic E-state index is -0.648. The summed E-state index contributed by atoms with van der Waals surface area (Å²) in [5.41, 5.74) is 2.32. The molecule has 0 unspecified atom stereocenters. The van der Waals surface area contributed by atoms with E-state index >= 15 is 0 Å². The number of benzene rings is 2. The number of fused-ring (bicyclic) bond motifs is 1. The van der Waals surface area contributed by atoms with Crippen molar-refractivity contribution in [1.82, 2.24) is 5.32 Å². The topological polar surface area (TPSA) is 50.8 Å². The Hall–Kier alpha value is -2.34. The second-order valence-electron chi connectivity index (χ2n) is 6.79. The summed E-state index contributed by atoms with van der Waals surface area (Å²) >= 11 is 2.01. The van der Waals surface area contributed by atoms with Crippen LogP contribution in [0.25, 0.3) is 0 Å². The number of hydrogen-bond donors (Lipinski definition) is 1. The number of para-hydroxylation sites is 2. The predicted octanol–water partition coefficient (Wildman–Crippen LogP) is 3.08. The highest BCUT2D eigenvalue weighted by Gasteiger charge is 2.33. The van der Waals surface area contributed by atoms with Gasteiger partial charge in [0.2, 0.25) is 6.10 Å². The summed E-state index contributed by atoms with van der Waals surface area (Å²) in [5, 5.41) is 2.97. The molecule has 2 aromatic rings. The molecule has 1 fully saturated rings. The second-order valence-corrected chi connectivity index (χ2v) is 8.02. The number of anilines is 1. The summed E-state index contributed by atoms with van der Waals surface area (Å²) in [6.45, 7) is 4.52. The van der Waals surface area contributed by atoms with E-state index in [0.29, 0.717) is 18.0 Å². The minimum Gasteiger partial charge on any atom is -0.482 e. The van der Waals surface area contributed by atoms with Gasteiger partial charge in [-0.15, -0.1) is 0 Å². The molecule has 2 aliphatic heterocycles. The first-order valence-electron chi connectivity index (χ1n) is 9.32. The Bertz CT molecular complexity index is 790. The zero-order chi connectivity index (χ0) is 18.6. The molecule has 1 N–H and O–H groups in total. The van der Waals surface area contributed by atoms with Crippen LogP contribution in [0.1, 0.15) is 12.5 Å². The third-order valence-corrected chi connectivity index (χ3v) is 5.82. The monoisotopic (exact) mass is 384 g/mol. The van der Waals surface area contributed by atoms with E-state index in [2.05, 4.69) is 34.5 Å². The number of nitrogens with zero attached hydrogens (tertiary/aromatic N) is 1. The highest BCUT2D eigenvalue weighted by atomic mass is 32.2. The van der Waals surface area contributed by atoms with Gasteiger partial charge in [0.1, 0.15) is 6.10 Å². The Morgan fingerprint density at radius 1 is 1.07 bits per heavy atom. The van der Waals surface area contributed by atoms with Gasteiger partial charge >= 0.3 is 0 Å². The maximum Gasteiger partial charge on any atom is 0.265 e. The van der Waals surface area contributed by atoms with Crippen LogP contribution >= 0.6 is 11.8 Å². The first-order chi connectivity index (χ1) is 13.2. The minimum absolute atomic E-state index is 0.158. The number of amides is 1. The van der Waals surface area contributed by atoms with Crippen LogP contribution in [-0.2, 0) is 11.3 Å². The average molecular weight is 385 g/mol. The summed E-state index contributed by atoms with van der Waals surface area (Å²) in [5.74, 6) is 3.50. The predicted molar refractivity (Wildman–Crippen MR) is 109 cm³/mol. The van der Waals surface area contributed by atoms with E-state index in [4.69, 9.17) is 9.47 Å². The fourth-order valence-corrected chi connectivity index (χ4v) is 4.25. The molecule has 0 saturated carbocycles. The smallest absolute Gasteiger partial charge is 0.265 e. The lowest BCUT2D eigenvalue weighted by Crippen LogP contribution is -2.48. The lowest BCUT2D eigenvalue weighted by molar-refractivity contribution is -0.133. The van der Waals surface area contributed by atoms with Crippen LogP contribution < -0.4 is 19.7 Å². The van der Waals surface area contributed by atoms with E-state index in [9.17, 15) is 4.79 Å². The van der Waals surface area contributed by atoms with E-state index in [0.717, 1.165) is 18.7 Å². The van der Waals surface area contributed by atoms with Gasteiger partial charge in [-0.25, -0.2) is 0 Å². The van der Waals surface area contributed by atoms with Gasteiger partial charge in [0, 0.05) is 36.8 Å². The normalized spacial score (nSPS) is 21.6. The van der Waals surface area contributed by atoms with Crippen molar-refractivity contribution < 1.29 is 14.3 Å². The zero-order valence-corrected chi connectivity index (χ0v) is 16.2. The van der Waals surface area contributed by atoms with Crippen molar-refractivity contribution >= 4 is 23.4 Å². The molecule has 0 aromatic heterocycles. The number of rotatable bonds is 4. The van der Waals surface area contributed by atoms with Gasteiger partial charge in [0.15, 0.2) is 11.5 Å². The van der Waals surface area contributed by atoms with E-state index in [1.807, 2.05) is 43.0 Å². The molecule has 5 nitrogen and oxygen atoms in total. The Morgan fingerprint density at radius 3 is 2.44 bits per heavy atom. The summed E-state index contributed by atoms with van der Waals surface area (Å²) < 4.78 is 11.7. The van der Waals surface area contributed by atoms with Crippen LogP contribution in [0.4, 0.5) is 5.69 Å². The maximum absolute atomic E-state index is 12.6. The largest absolute Gasteiger partial charge is 0.482 e. The third kappa shape index (κ3) is 4.16. The van der Waals surface area contributed by atoms with E-state index in [1.165, 1.54) is 17.2 Å². The number of thioether (sulfide) groups is 1. The van der Waals surface area contributed by atoms with Crippen LogP contribution in [-0.4, -0.2) is 42.7 Å². The van der Waals surface area contributed by atoms with E-state index in [1.54, 1.807) is 0 Å². The van der Waals surface area contributed by atoms with Gasteiger partial charge < -0.3 is 19.7 Å². The molecule has 1 amide bonds. The molecule has 1 saturated heterocycles. The quantitative estimate of drug-likeness (QED) is 0.878. The van der Waals surface area contributed by atoms with Gasteiger partial charge in [-0.05, 0) is 36.8 Å². The van der Waals surface area contributed by atoms with Crippen LogP contribution in [0.5, 0.6) is 11.5 Å². The standard InChI is InChI=1S/C21H24N2O3S/c1-15-20(26-19-5-3-2-4-18(19)25-15)21(24)22-14-16-6-8-17(9-7-16)23-10-12-27-13-11-23/h2-9,15,20H,10-14H2,1H3,(H,22,24)/t15-,20-/m1/s1. The number of carbonyl (C=O) groups excluding carboxylic acids is 1. The molecule has 0 spiro atoms. The third-order valence-electron chi connectivity index (χ3n) is 4.88. The van der Waals surface area contributed by atoms with Gasteiger partial charge in [0.05, 0.1) is 0 Å². The van der Waals surface area contributed by atoms with Crippen LogP contribution in [0.15, 0.2) is 48.5 Å². The molecular formula is C21H24N2O3S. The van der Waals surface area contributed by atoms with Gasteiger partial charge in [-0.1, -0.05) is 24.3 Å². The first-order valence-corrected chi connectivity index (χ1v) is 10.5. The van der Waals surface area contributed by atoms with Crippen molar-refractivity contribution in [1.29, 1.82) is 0 Å². The summed E-state index contributed by atoms with van der Waals surface area (Å²) in [6, 6.07) is 15.9. The van der Waals surface area contributed by atoms with Crippen LogP contribution in [0.2, 0.25) is 0 Å². The lowest BCUT2D eigenvalue weighted by atomic mass is 10.1. The summed E-state index contributed by atoms with van der Waals surface area (Å²) in [4.78, 5) is 15.0. The highest BCUT2D eigenvalue weighted by molar-refractivity contribution is 7.99. The number of nitrogens with one attached hydrogen (secondary N) is 1. The van der Waals surface area contributed by atoms with Gasteiger partial charge in [-0.2, -0.15) is 11.8 Å². The number of hydrogen-bond acceptors (Lipinski definition) is 5. The Morgan fingerprint density at radius 2 is 1.74 bits per heavy atom. The Labute approximate surface area is 164 Å². The van der Waals surface area contributed by atoms with Crippen molar-refractivity contribution in [2.75, 3.05) is 29.5 Å². The molecular weight excluding hydrogens is 360 g/mol. The number of carbonyl (C=O) groups is 1. The molecule has 0 bridgehead atoms. The summed E-state index contributed by atoms with van der Waals surface area (Å²) in [7, 11) is 0. The van der Waals surface area contributed by atoms with Crippen molar-refractivity contribution in [2.24, 2.45) is 0 Å². The first kappa shape index (κ1) is 18.0. The fraction of sp³-hybridized carbons (Fsp3) is 0.381. The van der Waals surface area contributed by atoms with Crippen LogP contribution in [0, 0.1) is 0 Å². The molecule has 2 atom stereocenters. The Balaban J connectivity index is 1.34. The molecule has 2 aliphatic rings. The maximum atomic E-state index is 12.6. The lowest BCUT2D eigenvalue weighted by Gasteiger charge is -2.31. The molecule has 0 radical (unpaired) electrons. The second kappa shape index (κ2) is 8.13. The molecule has 27 heavy (non-hydrogen) atoms. The highest BCUT2D eigenvalue weighted by Crippen LogP contribution is 2.33. The molecule has 142 valence electrons. The molecule has 6 heteroatoms. The fourth-order valence-electron chi connectivity index (χ4n) is 3.34. The molecule has 4 rings (SSSR count). The van der Waals surface area contributed by atoms with Crippen molar-refractivity contribution in [3.8, 4) is 11.5 Å². The van der Waals surface area contributed by atoms with Gasteiger partial charge in [0.25, 0.3) is 5.91 Å². The Kier molecular flexibility index (Phi) is 5.43. The number of ether oxygens (including phenoxy) is 2. The SMILES string of the molecule is C[C@H]1Oc2ccccc2O[C@H]1C(=O)NCc1ccc(N2CCSCC2)cc1. The van der Waals surface area contributed by atoms with Gasteiger partial charge in [-0.3, -0.25) is 4.79 Å². The molecule has 2 heterocycles. The zero-order valence-electron chi connectivity index (χ0n) is 15.4. The van der Waals surface area contributed by atoms with E-state index < -0.39 is 6.10 Å². The van der Waals surface area contributed by atoms with Crippen LogP contribution in [0.3, 0.4) is 0 Å².